The van der Waals surface area contributed by atoms with Crippen LogP contribution in [0.5, 0.6) is 0 Å². The first-order valence-corrected chi connectivity index (χ1v) is 12.1. The van der Waals surface area contributed by atoms with Crippen molar-refractivity contribution in [2.75, 3.05) is 40.4 Å². The van der Waals surface area contributed by atoms with E-state index in [1.807, 2.05) is 13.8 Å². The molecule has 1 aliphatic rings. The van der Waals surface area contributed by atoms with Gasteiger partial charge in [0.15, 0.2) is 0 Å². The fourth-order valence-electron chi connectivity index (χ4n) is 4.71. The van der Waals surface area contributed by atoms with E-state index < -0.39 is 29.7 Å². The normalized spacial score (nSPS) is 16.9. The highest BCUT2D eigenvalue weighted by Gasteiger charge is 2.46. The number of aromatic nitrogens is 1. The maximum absolute atomic E-state index is 13.3. The number of Topliss-reactive ketones (excluding diaryl/α,β-unsaturated/α-hetero) is 1. The van der Waals surface area contributed by atoms with Crippen molar-refractivity contribution >= 4 is 29.4 Å². The van der Waals surface area contributed by atoms with E-state index in [0.717, 1.165) is 13.1 Å². The second-order valence-electron chi connectivity index (χ2n) is 8.75. The van der Waals surface area contributed by atoms with Crippen LogP contribution in [0.4, 0.5) is 0 Å². The summed E-state index contributed by atoms with van der Waals surface area (Å²) in [6.07, 6.45) is 0. The number of amides is 1. The molecular formula is C27H33N3O7. The first-order chi connectivity index (χ1) is 17.6. The Balaban J connectivity index is 2.18. The van der Waals surface area contributed by atoms with Gasteiger partial charge in [0.1, 0.15) is 11.5 Å². The molecular weight excluding hydrogens is 478 g/mol. The van der Waals surface area contributed by atoms with Crippen molar-refractivity contribution in [2.24, 2.45) is 0 Å². The topological polar surface area (TPSA) is 129 Å². The zero-order valence-corrected chi connectivity index (χ0v) is 22.0. The minimum atomic E-state index is -0.891. The third-order valence-corrected chi connectivity index (χ3v) is 6.80. The number of H-pyrrole nitrogens is 1. The lowest BCUT2D eigenvalue weighted by molar-refractivity contribution is -0.140. The number of aromatic amines is 1. The quantitative estimate of drug-likeness (QED) is 0.228. The minimum Gasteiger partial charge on any atom is -0.507 e. The molecule has 1 aromatic carbocycles. The van der Waals surface area contributed by atoms with Crippen LogP contribution in [-0.4, -0.2) is 83.9 Å². The Labute approximate surface area is 215 Å². The van der Waals surface area contributed by atoms with Crippen molar-refractivity contribution in [3.05, 3.63) is 63.5 Å². The van der Waals surface area contributed by atoms with Crippen LogP contribution >= 0.6 is 0 Å². The molecule has 0 saturated carbocycles. The first-order valence-electron chi connectivity index (χ1n) is 12.1. The van der Waals surface area contributed by atoms with Crippen LogP contribution < -0.4 is 0 Å². The Morgan fingerprint density at radius 2 is 1.62 bits per heavy atom. The summed E-state index contributed by atoms with van der Waals surface area (Å²) < 4.78 is 9.58. The molecule has 0 aliphatic carbocycles. The van der Waals surface area contributed by atoms with Gasteiger partial charge in [-0.2, -0.15) is 0 Å². The molecule has 3 rings (SSSR count). The van der Waals surface area contributed by atoms with Gasteiger partial charge in [0.2, 0.25) is 0 Å². The van der Waals surface area contributed by atoms with Gasteiger partial charge in [0.25, 0.3) is 11.7 Å². The lowest BCUT2D eigenvalue weighted by Gasteiger charge is -2.28. The number of nitrogens with zero attached hydrogens (tertiary/aromatic N) is 2. The number of ether oxygens (including phenoxy) is 2. The highest BCUT2D eigenvalue weighted by atomic mass is 16.5. The van der Waals surface area contributed by atoms with Crippen LogP contribution in [0.15, 0.2) is 29.8 Å². The summed E-state index contributed by atoms with van der Waals surface area (Å²) in [7, 11) is 2.53. The molecule has 1 fully saturated rings. The number of aliphatic hydroxyl groups is 1. The molecule has 10 nitrogen and oxygen atoms in total. The van der Waals surface area contributed by atoms with E-state index in [2.05, 4.69) is 9.88 Å². The molecule has 2 heterocycles. The van der Waals surface area contributed by atoms with Crippen molar-refractivity contribution in [3.63, 3.8) is 0 Å². The molecule has 1 aromatic heterocycles. The molecule has 1 atom stereocenters. The molecule has 0 bridgehead atoms. The Morgan fingerprint density at radius 3 is 2.16 bits per heavy atom. The third kappa shape index (κ3) is 5.15. The van der Waals surface area contributed by atoms with E-state index in [9.17, 15) is 24.3 Å². The summed E-state index contributed by atoms with van der Waals surface area (Å²) >= 11 is 0. The number of likely N-dealkylation sites (N-methyl/N-ethyl adjacent to an activating group) is 1. The number of aliphatic hydroxyl groups excluding tert-OH is 1. The number of aryl methyl sites for hydroxylation is 1. The van der Waals surface area contributed by atoms with Crippen LogP contribution in [0.2, 0.25) is 0 Å². The second kappa shape index (κ2) is 11.4. The van der Waals surface area contributed by atoms with Gasteiger partial charge in [0, 0.05) is 24.3 Å². The van der Waals surface area contributed by atoms with Crippen LogP contribution in [-0.2, 0) is 19.1 Å². The summed E-state index contributed by atoms with van der Waals surface area (Å²) in [5, 5.41) is 11.5. The van der Waals surface area contributed by atoms with Gasteiger partial charge in [-0.1, -0.05) is 26.0 Å². The highest BCUT2D eigenvalue weighted by Crippen LogP contribution is 2.40. The molecule has 2 aromatic rings. The molecule has 0 unspecified atom stereocenters. The molecule has 1 amide bonds. The monoisotopic (exact) mass is 511 g/mol. The van der Waals surface area contributed by atoms with Gasteiger partial charge >= 0.3 is 11.9 Å². The Morgan fingerprint density at radius 1 is 1.03 bits per heavy atom. The Kier molecular flexibility index (Phi) is 8.54. The van der Waals surface area contributed by atoms with Gasteiger partial charge in [0.05, 0.1) is 31.4 Å². The maximum atomic E-state index is 13.3. The molecule has 0 radical (unpaired) electrons. The van der Waals surface area contributed by atoms with Gasteiger partial charge in [-0.05, 0) is 50.2 Å². The van der Waals surface area contributed by atoms with Crippen LogP contribution in [0.25, 0.3) is 5.76 Å². The Hall–Kier alpha value is -3.92. The molecule has 1 saturated heterocycles. The zero-order chi connectivity index (χ0) is 27.4. The van der Waals surface area contributed by atoms with Crippen molar-refractivity contribution in [3.8, 4) is 0 Å². The fraction of sp³-hybridized carbons (Fsp3) is 0.407. The highest BCUT2D eigenvalue weighted by molar-refractivity contribution is 6.46. The lowest BCUT2D eigenvalue weighted by atomic mass is 9.93. The average Bonchev–Trinajstić information content (AvgIpc) is 3.35. The fourth-order valence-corrected chi connectivity index (χ4v) is 4.71. The van der Waals surface area contributed by atoms with E-state index in [1.165, 1.54) is 19.1 Å². The molecule has 198 valence electrons. The summed E-state index contributed by atoms with van der Waals surface area (Å²) in [5.41, 5.74) is 2.03. The van der Waals surface area contributed by atoms with E-state index >= 15 is 0 Å². The SMILES string of the molecule is CCN(CC)CCN1C(=O)C(=O)C(=C(O)c2c(C)[nH]c(C(=O)OC)c2C)[C@@H]1c1ccc(C(=O)OC)cc1. The number of ketones is 1. The number of likely N-dealkylation sites (tertiary alicyclic amines) is 1. The zero-order valence-electron chi connectivity index (χ0n) is 22.0. The maximum Gasteiger partial charge on any atom is 0.354 e. The summed E-state index contributed by atoms with van der Waals surface area (Å²) in [5.74, 6) is -3.06. The number of rotatable bonds is 9. The number of methoxy groups -OCH3 is 2. The van der Waals surface area contributed by atoms with E-state index in [0.29, 0.717) is 28.9 Å². The van der Waals surface area contributed by atoms with E-state index in [-0.39, 0.29) is 29.1 Å². The molecule has 37 heavy (non-hydrogen) atoms. The predicted molar refractivity (Wildman–Crippen MR) is 136 cm³/mol. The summed E-state index contributed by atoms with van der Waals surface area (Å²) in [6, 6.07) is 5.48. The van der Waals surface area contributed by atoms with Crippen LogP contribution in [0, 0.1) is 13.8 Å². The molecule has 0 spiro atoms. The van der Waals surface area contributed by atoms with Gasteiger partial charge < -0.3 is 29.4 Å². The summed E-state index contributed by atoms with van der Waals surface area (Å²) in [6.45, 7) is 9.64. The minimum absolute atomic E-state index is 0.0861. The largest absolute Gasteiger partial charge is 0.507 e. The van der Waals surface area contributed by atoms with Crippen molar-refractivity contribution in [1.29, 1.82) is 0 Å². The van der Waals surface area contributed by atoms with Gasteiger partial charge in [-0.25, -0.2) is 9.59 Å². The number of nitrogens with one attached hydrogen (secondary N) is 1. The average molecular weight is 512 g/mol. The number of carbonyl (C=O) groups is 4. The number of hydrogen-bond donors (Lipinski definition) is 2. The number of carbonyl (C=O) groups excluding carboxylic acids is 4. The first kappa shape index (κ1) is 27.7. The van der Waals surface area contributed by atoms with Gasteiger partial charge in [-0.3, -0.25) is 9.59 Å². The molecule has 2 N–H and O–H groups in total. The number of benzene rings is 1. The second-order valence-corrected chi connectivity index (χ2v) is 8.75. The van der Waals surface area contributed by atoms with Crippen molar-refractivity contribution in [2.45, 2.75) is 33.7 Å². The third-order valence-electron chi connectivity index (χ3n) is 6.80. The van der Waals surface area contributed by atoms with Gasteiger partial charge in [-0.15, -0.1) is 0 Å². The standard InChI is InChI=1S/C27H33N3O7/c1-7-29(8-2)13-14-30-22(17-9-11-18(12-10-17)26(34)36-5)20(24(32)25(30)33)23(31)19-15(3)21(27(35)37-6)28-16(19)4/h9-12,22,28,31H,7-8,13-14H2,1-6H3/t22-/m0/s1. The van der Waals surface area contributed by atoms with E-state index in [4.69, 9.17) is 9.47 Å². The Bertz CT molecular complexity index is 1240. The number of hydrogen-bond acceptors (Lipinski definition) is 8. The van der Waals surface area contributed by atoms with Crippen molar-refractivity contribution in [1.82, 2.24) is 14.8 Å². The van der Waals surface area contributed by atoms with Crippen LogP contribution in [0.3, 0.4) is 0 Å². The van der Waals surface area contributed by atoms with E-state index in [1.54, 1.807) is 38.1 Å². The predicted octanol–water partition coefficient (Wildman–Crippen LogP) is 2.97. The van der Waals surface area contributed by atoms with Crippen LogP contribution in [0.1, 0.15) is 63.1 Å². The molecule has 1 aliphatic heterocycles. The number of esters is 2. The summed E-state index contributed by atoms with van der Waals surface area (Å²) in [4.78, 5) is 57.2. The smallest absolute Gasteiger partial charge is 0.354 e. The lowest BCUT2D eigenvalue weighted by Crippen LogP contribution is -2.38. The molecule has 10 heteroatoms. The van der Waals surface area contributed by atoms with Crippen molar-refractivity contribution < 1.29 is 33.8 Å².